The number of amides is 1. The van der Waals surface area contributed by atoms with Crippen molar-refractivity contribution in [1.29, 1.82) is 0 Å². The van der Waals surface area contributed by atoms with E-state index < -0.39 is 17.6 Å². The first kappa shape index (κ1) is 21.8. The third-order valence-corrected chi connectivity index (χ3v) is 5.12. The molecule has 10 heteroatoms. The Morgan fingerprint density at radius 3 is 2.47 bits per heavy atom. The molecule has 160 valence electrons. The highest BCUT2D eigenvalue weighted by atomic mass is 32.1. The van der Waals surface area contributed by atoms with E-state index in [4.69, 9.17) is 17.0 Å². The number of thiocarbonyl (C=S) groups is 1. The van der Waals surface area contributed by atoms with Crippen molar-refractivity contribution in [3.8, 4) is 5.75 Å². The Bertz CT molecular complexity index is 995. The Labute approximate surface area is 176 Å². The summed E-state index contributed by atoms with van der Waals surface area (Å²) in [5.74, 6) is -0.847. The largest absolute Gasteiger partial charge is 0.495 e. The number of benzene rings is 2. The van der Waals surface area contributed by atoms with Crippen LogP contribution in [0.2, 0.25) is 0 Å². The predicted octanol–water partition coefficient (Wildman–Crippen LogP) is 4.05. The first-order chi connectivity index (χ1) is 14.0. The van der Waals surface area contributed by atoms with E-state index in [0.29, 0.717) is 17.5 Å². The molecule has 1 aliphatic rings. The summed E-state index contributed by atoms with van der Waals surface area (Å²) in [5, 5.41) is 0.0668. The summed E-state index contributed by atoms with van der Waals surface area (Å²) in [6, 6.07) is 7.54. The molecule has 1 saturated heterocycles. The normalized spacial score (nSPS) is 14.5. The van der Waals surface area contributed by atoms with Gasteiger partial charge in [-0.2, -0.15) is 13.2 Å². The smallest absolute Gasteiger partial charge is 0.416 e. The van der Waals surface area contributed by atoms with Crippen LogP contribution in [0.15, 0.2) is 36.4 Å². The standard InChI is InChI=1S/C20H19F4N3O2S/c1-25(2)16-7-6-14(9-17(16)29-3)27-18(28)11-26(19(27)30)10-12-4-5-13(21)8-15(12)20(22,23)24/h4-9H,10-11H2,1-3H3. The molecule has 2 aromatic rings. The van der Waals surface area contributed by atoms with Gasteiger partial charge in [0.25, 0.3) is 5.91 Å². The van der Waals surface area contributed by atoms with E-state index in [2.05, 4.69) is 0 Å². The van der Waals surface area contributed by atoms with Crippen LogP contribution in [0.5, 0.6) is 5.75 Å². The first-order valence-corrected chi connectivity index (χ1v) is 9.26. The van der Waals surface area contributed by atoms with Crippen LogP contribution in [0, 0.1) is 5.82 Å². The van der Waals surface area contributed by atoms with Gasteiger partial charge in [-0.05, 0) is 42.0 Å². The third kappa shape index (κ3) is 4.18. The van der Waals surface area contributed by atoms with E-state index in [9.17, 15) is 22.4 Å². The van der Waals surface area contributed by atoms with Crippen LogP contribution < -0.4 is 14.5 Å². The zero-order chi connectivity index (χ0) is 22.2. The highest BCUT2D eigenvalue weighted by Gasteiger charge is 2.38. The number of halogens is 4. The van der Waals surface area contributed by atoms with E-state index in [1.807, 2.05) is 19.0 Å². The van der Waals surface area contributed by atoms with Gasteiger partial charge < -0.3 is 14.5 Å². The summed E-state index contributed by atoms with van der Waals surface area (Å²) < 4.78 is 58.6. The first-order valence-electron chi connectivity index (χ1n) is 8.85. The molecule has 0 aliphatic carbocycles. The molecule has 30 heavy (non-hydrogen) atoms. The van der Waals surface area contributed by atoms with E-state index >= 15 is 0 Å². The van der Waals surface area contributed by atoms with Gasteiger partial charge in [-0.15, -0.1) is 0 Å². The fourth-order valence-corrected chi connectivity index (χ4v) is 3.59. The second-order valence-electron chi connectivity index (χ2n) is 6.92. The second-order valence-corrected chi connectivity index (χ2v) is 7.28. The maximum absolute atomic E-state index is 13.4. The van der Waals surface area contributed by atoms with Crippen LogP contribution in [-0.4, -0.2) is 43.7 Å². The lowest BCUT2D eigenvalue weighted by Crippen LogP contribution is -2.33. The number of hydrogen-bond acceptors (Lipinski definition) is 4. The maximum Gasteiger partial charge on any atom is 0.416 e. The Morgan fingerprint density at radius 1 is 1.17 bits per heavy atom. The monoisotopic (exact) mass is 441 g/mol. The van der Waals surface area contributed by atoms with E-state index in [0.717, 1.165) is 17.8 Å². The SMILES string of the molecule is COc1cc(N2C(=O)CN(Cc3ccc(F)cc3C(F)(F)F)C2=S)ccc1N(C)C. The highest BCUT2D eigenvalue weighted by Crippen LogP contribution is 2.35. The number of methoxy groups -OCH3 is 1. The molecule has 0 atom stereocenters. The minimum absolute atomic E-state index is 0.0668. The molecule has 5 nitrogen and oxygen atoms in total. The van der Waals surface area contributed by atoms with Gasteiger partial charge in [-0.1, -0.05) is 6.07 Å². The lowest BCUT2D eigenvalue weighted by atomic mass is 10.1. The third-order valence-electron chi connectivity index (χ3n) is 4.68. The molecule has 0 N–H and O–H groups in total. The van der Waals surface area contributed by atoms with Crippen LogP contribution in [-0.2, 0) is 17.5 Å². The van der Waals surface area contributed by atoms with E-state index in [-0.39, 0.29) is 29.7 Å². The summed E-state index contributed by atoms with van der Waals surface area (Å²) in [6.45, 7) is -0.464. The van der Waals surface area contributed by atoms with E-state index in [1.54, 1.807) is 18.2 Å². The van der Waals surface area contributed by atoms with Gasteiger partial charge >= 0.3 is 6.18 Å². The summed E-state index contributed by atoms with van der Waals surface area (Å²) in [5.41, 5.74) is -0.0171. The van der Waals surface area contributed by atoms with E-state index in [1.165, 1.54) is 16.9 Å². The van der Waals surface area contributed by atoms with Crippen molar-refractivity contribution in [1.82, 2.24) is 4.90 Å². The molecule has 1 amide bonds. The summed E-state index contributed by atoms with van der Waals surface area (Å²) >= 11 is 5.37. The molecule has 0 aromatic heterocycles. The van der Waals surface area contributed by atoms with Crippen LogP contribution in [0.1, 0.15) is 11.1 Å². The van der Waals surface area contributed by atoms with Crippen molar-refractivity contribution >= 4 is 34.6 Å². The van der Waals surface area contributed by atoms with Gasteiger partial charge in [0.05, 0.1) is 24.0 Å². The van der Waals surface area contributed by atoms with Gasteiger partial charge in [-0.25, -0.2) is 4.39 Å². The van der Waals surface area contributed by atoms with Crippen molar-refractivity contribution in [3.63, 3.8) is 0 Å². The average molecular weight is 441 g/mol. The average Bonchev–Trinajstić information content (AvgIpc) is 2.95. The Morgan fingerprint density at radius 2 is 1.87 bits per heavy atom. The predicted molar refractivity (Wildman–Crippen MR) is 109 cm³/mol. The molecule has 0 radical (unpaired) electrons. The van der Waals surface area contributed by atoms with Gasteiger partial charge in [0, 0.05) is 26.7 Å². The van der Waals surface area contributed by atoms with Gasteiger partial charge in [-0.3, -0.25) is 9.69 Å². The lowest BCUT2D eigenvalue weighted by molar-refractivity contribution is -0.138. The molecule has 1 aliphatic heterocycles. The second kappa shape index (κ2) is 8.10. The molecular formula is C20H19F4N3O2S. The van der Waals surface area contributed by atoms with Gasteiger partial charge in [0.2, 0.25) is 0 Å². The van der Waals surface area contributed by atoms with Gasteiger partial charge in [0.15, 0.2) is 5.11 Å². The van der Waals surface area contributed by atoms with Crippen LogP contribution in [0.3, 0.4) is 0 Å². The van der Waals surface area contributed by atoms with Crippen molar-refractivity contribution in [2.24, 2.45) is 0 Å². The number of carbonyl (C=O) groups excluding carboxylic acids is 1. The van der Waals surface area contributed by atoms with Crippen molar-refractivity contribution in [2.45, 2.75) is 12.7 Å². The molecule has 0 saturated carbocycles. The van der Waals surface area contributed by atoms with Crippen molar-refractivity contribution < 1.29 is 27.1 Å². The quantitative estimate of drug-likeness (QED) is 0.517. The minimum atomic E-state index is -4.72. The molecule has 1 heterocycles. The number of alkyl halides is 3. The maximum atomic E-state index is 13.4. The molecule has 1 fully saturated rings. The van der Waals surface area contributed by atoms with Crippen molar-refractivity contribution in [2.75, 3.05) is 37.5 Å². The number of nitrogens with zero attached hydrogens (tertiary/aromatic N) is 3. The number of rotatable bonds is 5. The number of hydrogen-bond donors (Lipinski definition) is 0. The van der Waals surface area contributed by atoms with Crippen LogP contribution in [0.4, 0.5) is 28.9 Å². The Kier molecular flexibility index (Phi) is 5.89. The molecule has 0 spiro atoms. The number of ether oxygens (including phenoxy) is 1. The highest BCUT2D eigenvalue weighted by molar-refractivity contribution is 7.80. The number of carbonyl (C=O) groups is 1. The molecule has 3 rings (SSSR count). The molecular weight excluding hydrogens is 422 g/mol. The fourth-order valence-electron chi connectivity index (χ4n) is 3.26. The Hall–Kier alpha value is -2.88. The van der Waals surface area contributed by atoms with Crippen LogP contribution in [0.25, 0.3) is 0 Å². The van der Waals surface area contributed by atoms with Crippen LogP contribution >= 0.6 is 12.2 Å². The van der Waals surface area contributed by atoms with Gasteiger partial charge in [0.1, 0.15) is 18.1 Å². The summed E-state index contributed by atoms with van der Waals surface area (Å²) in [4.78, 5) is 17.1. The number of anilines is 2. The van der Waals surface area contributed by atoms with Crippen molar-refractivity contribution in [3.05, 3.63) is 53.3 Å². The topological polar surface area (TPSA) is 36.0 Å². The minimum Gasteiger partial charge on any atom is -0.495 e. The fraction of sp³-hybridized carbons (Fsp3) is 0.300. The molecule has 0 unspecified atom stereocenters. The zero-order valence-electron chi connectivity index (χ0n) is 16.5. The summed E-state index contributed by atoms with van der Waals surface area (Å²) in [6.07, 6.45) is -4.72. The molecule has 0 bridgehead atoms. The Balaban J connectivity index is 1.90. The summed E-state index contributed by atoms with van der Waals surface area (Å²) in [7, 11) is 5.17. The lowest BCUT2D eigenvalue weighted by Gasteiger charge is -2.23. The zero-order valence-corrected chi connectivity index (χ0v) is 17.3. The molecule has 2 aromatic carbocycles.